The van der Waals surface area contributed by atoms with Gasteiger partial charge in [-0.1, -0.05) is 60.9 Å². The summed E-state index contributed by atoms with van der Waals surface area (Å²) in [5, 5.41) is 0.835. The molecule has 0 saturated carbocycles. The van der Waals surface area contributed by atoms with Crippen LogP contribution in [0.5, 0.6) is 17.2 Å². The fourth-order valence-corrected chi connectivity index (χ4v) is 4.00. The van der Waals surface area contributed by atoms with Crippen molar-refractivity contribution in [3.8, 4) is 17.2 Å². The van der Waals surface area contributed by atoms with Crippen molar-refractivity contribution < 1.29 is 14.2 Å². The van der Waals surface area contributed by atoms with Crippen LogP contribution in [0.1, 0.15) is 58.9 Å². The number of rotatable bonds is 13. The highest BCUT2D eigenvalue weighted by Gasteiger charge is 2.20. The predicted molar refractivity (Wildman–Crippen MR) is 148 cm³/mol. The Labute approximate surface area is 215 Å². The molecule has 192 valence electrons. The highest BCUT2D eigenvalue weighted by atomic mass is 16.5. The number of aromatic nitrogens is 1. The van der Waals surface area contributed by atoms with Crippen LogP contribution in [0.3, 0.4) is 0 Å². The van der Waals surface area contributed by atoms with E-state index in [4.69, 9.17) is 14.2 Å². The highest BCUT2D eigenvalue weighted by Crippen LogP contribution is 2.35. The van der Waals surface area contributed by atoms with Gasteiger partial charge in [0.1, 0.15) is 19.0 Å². The SMILES string of the molecule is CCCCn1c(=O)c(OC/C=C(\C)CCC=C(C)C)c(OCc2ccccc2)c2ccc(OC)cc21. The van der Waals surface area contributed by atoms with Crippen molar-refractivity contribution >= 4 is 10.9 Å². The molecule has 0 aliphatic carbocycles. The smallest absolute Gasteiger partial charge is 0.297 e. The average molecular weight is 490 g/mol. The fraction of sp³-hybridized carbons (Fsp3) is 0.387. The number of hydrogen-bond acceptors (Lipinski definition) is 4. The third-order valence-electron chi connectivity index (χ3n) is 6.10. The first-order chi connectivity index (χ1) is 17.4. The van der Waals surface area contributed by atoms with E-state index in [0.717, 1.165) is 42.1 Å². The predicted octanol–water partition coefficient (Wildman–Crippen LogP) is 7.46. The van der Waals surface area contributed by atoms with Crippen molar-refractivity contribution in [1.82, 2.24) is 4.57 Å². The topological polar surface area (TPSA) is 49.7 Å². The number of methoxy groups -OCH3 is 1. The van der Waals surface area contributed by atoms with E-state index in [9.17, 15) is 4.79 Å². The van der Waals surface area contributed by atoms with E-state index in [1.165, 1.54) is 11.1 Å². The van der Waals surface area contributed by atoms with E-state index < -0.39 is 0 Å². The molecule has 0 amide bonds. The number of hydrogen-bond donors (Lipinski definition) is 0. The van der Waals surface area contributed by atoms with Gasteiger partial charge in [-0.05, 0) is 63.8 Å². The Morgan fingerprint density at radius 3 is 2.44 bits per heavy atom. The normalized spacial score (nSPS) is 11.4. The van der Waals surface area contributed by atoms with E-state index in [2.05, 4.69) is 33.8 Å². The Kier molecular flexibility index (Phi) is 10.2. The molecule has 0 aliphatic rings. The molecule has 3 aromatic rings. The van der Waals surface area contributed by atoms with Gasteiger partial charge < -0.3 is 18.8 Å². The molecule has 2 aromatic carbocycles. The molecule has 0 spiro atoms. The molecule has 5 heteroatoms. The zero-order valence-corrected chi connectivity index (χ0v) is 22.3. The van der Waals surface area contributed by atoms with Crippen LogP contribution in [0.4, 0.5) is 0 Å². The molecule has 0 N–H and O–H groups in total. The molecular formula is C31H39NO4. The number of pyridine rings is 1. The van der Waals surface area contributed by atoms with E-state index in [1.54, 1.807) is 11.7 Å². The second-order valence-corrected chi connectivity index (χ2v) is 9.31. The van der Waals surface area contributed by atoms with Gasteiger partial charge in [0.25, 0.3) is 5.56 Å². The molecule has 1 aromatic heterocycles. The molecule has 36 heavy (non-hydrogen) atoms. The highest BCUT2D eigenvalue weighted by molar-refractivity contribution is 5.89. The second kappa shape index (κ2) is 13.6. The summed E-state index contributed by atoms with van der Waals surface area (Å²) in [6.45, 7) is 9.69. The van der Waals surface area contributed by atoms with E-state index >= 15 is 0 Å². The van der Waals surface area contributed by atoms with Crippen LogP contribution in [-0.4, -0.2) is 18.3 Å². The van der Waals surface area contributed by atoms with Gasteiger partial charge in [-0.15, -0.1) is 0 Å². The molecule has 0 atom stereocenters. The first-order valence-corrected chi connectivity index (χ1v) is 12.8. The minimum atomic E-state index is -0.178. The molecule has 0 bridgehead atoms. The minimum absolute atomic E-state index is 0.178. The third-order valence-corrected chi connectivity index (χ3v) is 6.10. The van der Waals surface area contributed by atoms with Crippen LogP contribution in [-0.2, 0) is 13.2 Å². The van der Waals surface area contributed by atoms with Gasteiger partial charge in [0.05, 0.1) is 12.6 Å². The number of unbranched alkanes of at least 4 members (excludes halogenated alkanes) is 1. The van der Waals surface area contributed by atoms with Crippen molar-refractivity contribution in [3.05, 3.63) is 87.7 Å². The monoisotopic (exact) mass is 489 g/mol. The van der Waals surface area contributed by atoms with E-state index in [-0.39, 0.29) is 11.3 Å². The lowest BCUT2D eigenvalue weighted by Gasteiger charge is -2.19. The number of allylic oxidation sites excluding steroid dienone is 3. The molecule has 3 rings (SSSR count). The van der Waals surface area contributed by atoms with Crippen LogP contribution >= 0.6 is 0 Å². The van der Waals surface area contributed by atoms with Gasteiger partial charge in [0.2, 0.25) is 5.75 Å². The van der Waals surface area contributed by atoms with Gasteiger partial charge in [-0.2, -0.15) is 0 Å². The third kappa shape index (κ3) is 7.27. The Morgan fingerprint density at radius 1 is 0.972 bits per heavy atom. The fourth-order valence-electron chi connectivity index (χ4n) is 4.00. The standard InChI is InChI=1S/C31H39NO4/c1-6-7-19-32-28-21-26(34-5)16-17-27(28)29(36-22-25-14-9-8-10-15-25)30(31(32)33)35-20-18-24(4)13-11-12-23(2)3/h8-10,12,14-18,21H,6-7,11,13,19-20,22H2,1-5H3/b24-18+. The maximum Gasteiger partial charge on any atom is 0.297 e. The summed E-state index contributed by atoms with van der Waals surface area (Å²) in [6.07, 6.45) is 8.11. The van der Waals surface area contributed by atoms with Gasteiger partial charge in [0, 0.05) is 18.0 Å². The maximum absolute atomic E-state index is 13.7. The zero-order chi connectivity index (χ0) is 25.9. The lowest BCUT2D eigenvalue weighted by molar-refractivity contribution is 0.274. The summed E-state index contributed by atoms with van der Waals surface area (Å²) >= 11 is 0. The van der Waals surface area contributed by atoms with Crippen molar-refractivity contribution in [2.75, 3.05) is 13.7 Å². The van der Waals surface area contributed by atoms with E-state index in [0.29, 0.717) is 31.3 Å². The summed E-state index contributed by atoms with van der Waals surface area (Å²) < 4.78 is 19.7. The number of benzene rings is 2. The van der Waals surface area contributed by atoms with Gasteiger partial charge in [-0.25, -0.2) is 0 Å². The Hall–Kier alpha value is -3.47. The van der Waals surface area contributed by atoms with Gasteiger partial charge in [-0.3, -0.25) is 4.79 Å². The Bertz CT molecular complexity index is 1250. The lowest BCUT2D eigenvalue weighted by atomic mass is 10.1. The van der Waals surface area contributed by atoms with Crippen molar-refractivity contribution in [1.29, 1.82) is 0 Å². The summed E-state index contributed by atoms with van der Waals surface area (Å²) in [5.41, 5.74) is 4.19. The number of aryl methyl sites for hydroxylation is 1. The molecule has 0 unspecified atom stereocenters. The largest absolute Gasteiger partial charge is 0.497 e. The van der Waals surface area contributed by atoms with Crippen molar-refractivity contribution in [2.24, 2.45) is 0 Å². The zero-order valence-electron chi connectivity index (χ0n) is 22.3. The first-order valence-electron chi connectivity index (χ1n) is 12.8. The number of nitrogens with zero attached hydrogens (tertiary/aromatic N) is 1. The summed E-state index contributed by atoms with van der Waals surface area (Å²) in [5.74, 6) is 1.43. The average Bonchev–Trinajstić information content (AvgIpc) is 2.88. The Morgan fingerprint density at radius 2 is 1.75 bits per heavy atom. The van der Waals surface area contributed by atoms with Crippen LogP contribution in [0.15, 0.2) is 76.6 Å². The van der Waals surface area contributed by atoms with Gasteiger partial charge in [0.15, 0.2) is 5.75 Å². The van der Waals surface area contributed by atoms with Gasteiger partial charge >= 0.3 is 0 Å². The van der Waals surface area contributed by atoms with E-state index in [1.807, 2.05) is 54.6 Å². The van der Waals surface area contributed by atoms with Crippen molar-refractivity contribution in [2.45, 2.75) is 66.5 Å². The van der Waals surface area contributed by atoms with Crippen LogP contribution in [0.2, 0.25) is 0 Å². The second-order valence-electron chi connectivity index (χ2n) is 9.31. The molecular weight excluding hydrogens is 450 g/mol. The van der Waals surface area contributed by atoms with Crippen LogP contribution in [0, 0.1) is 0 Å². The summed E-state index contributed by atoms with van der Waals surface area (Å²) in [4.78, 5) is 13.7. The number of fused-ring (bicyclic) bond motifs is 1. The molecule has 0 fully saturated rings. The molecule has 1 heterocycles. The lowest BCUT2D eigenvalue weighted by Crippen LogP contribution is -2.24. The van der Waals surface area contributed by atoms with Crippen LogP contribution < -0.4 is 19.8 Å². The van der Waals surface area contributed by atoms with Crippen LogP contribution in [0.25, 0.3) is 10.9 Å². The van der Waals surface area contributed by atoms with Crippen molar-refractivity contribution in [3.63, 3.8) is 0 Å². The first kappa shape index (κ1) is 27.1. The Balaban J connectivity index is 2.01. The molecule has 5 nitrogen and oxygen atoms in total. The minimum Gasteiger partial charge on any atom is -0.497 e. The molecule has 0 saturated heterocycles. The summed E-state index contributed by atoms with van der Waals surface area (Å²) in [6, 6.07) is 15.7. The molecule has 0 radical (unpaired) electrons. The summed E-state index contributed by atoms with van der Waals surface area (Å²) in [7, 11) is 1.63. The quantitative estimate of drug-likeness (QED) is 0.234. The number of ether oxygens (including phenoxy) is 3. The maximum atomic E-state index is 13.7. The molecule has 0 aliphatic heterocycles.